The number of hydrogen-bond donors (Lipinski definition) is 2. The van der Waals surface area contributed by atoms with Crippen molar-refractivity contribution in [2.24, 2.45) is 5.73 Å². The topological polar surface area (TPSA) is 47.3 Å². The Bertz CT molecular complexity index is 382. The van der Waals surface area contributed by atoms with Crippen molar-refractivity contribution >= 4 is 0 Å². The van der Waals surface area contributed by atoms with Crippen LogP contribution in [0.2, 0.25) is 0 Å². The van der Waals surface area contributed by atoms with Crippen molar-refractivity contribution in [1.29, 1.82) is 0 Å². The number of nitrogens with two attached hydrogens (primary N) is 1. The molecule has 0 fully saturated rings. The van der Waals surface area contributed by atoms with Gasteiger partial charge < -0.3 is 15.8 Å². The smallest absolute Gasteiger partial charge is 0.119 e. The van der Waals surface area contributed by atoms with Crippen LogP contribution in [-0.4, -0.2) is 19.7 Å². The summed E-state index contributed by atoms with van der Waals surface area (Å²) >= 11 is 0. The van der Waals surface area contributed by atoms with Crippen molar-refractivity contribution in [3.8, 4) is 5.75 Å². The Balaban J connectivity index is 2.05. The van der Waals surface area contributed by atoms with Gasteiger partial charge in [0.15, 0.2) is 0 Å². The highest BCUT2D eigenvalue weighted by Crippen LogP contribution is 2.21. The van der Waals surface area contributed by atoms with Gasteiger partial charge in [0, 0.05) is 18.6 Å². The third-order valence-electron chi connectivity index (χ3n) is 3.18. The van der Waals surface area contributed by atoms with Gasteiger partial charge in [-0.2, -0.15) is 0 Å². The first-order valence-corrected chi connectivity index (χ1v) is 6.08. The van der Waals surface area contributed by atoms with E-state index in [1.54, 1.807) is 7.11 Å². The molecule has 1 aromatic rings. The van der Waals surface area contributed by atoms with Gasteiger partial charge in [0.2, 0.25) is 0 Å². The number of nitrogens with one attached hydrogen (secondary N) is 1. The molecule has 0 aliphatic heterocycles. The molecule has 0 aromatic heterocycles. The Morgan fingerprint density at radius 3 is 2.82 bits per heavy atom. The molecule has 0 amide bonds. The summed E-state index contributed by atoms with van der Waals surface area (Å²) in [5, 5.41) is 3.59. The number of hydrogen-bond acceptors (Lipinski definition) is 3. The van der Waals surface area contributed by atoms with E-state index < -0.39 is 0 Å². The summed E-state index contributed by atoms with van der Waals surface area (Å²) in [6, 6.07) is 8.83. The fourth-order valence-electron chi connectivity index (χ4n) is 2.20. The maximum Gasteiger partial charge on any atom is 0.119 e. The van der Waals surface area contributed by atoms with Crippen LogP contribution in [0.1, 0.15) is 24.4 Å². The van der Waals surface area contributed by atoms with E-state index in [0.717, 1.165) is 18.6 Å². The van der Waals surface area contributed by atoms with Gasteiger partial charge in [0.05, 0.1) is 7.11 Å². The van der Waals surface area contributed by atoms with E-state index in [4.69, 9.17) is 10.5 Å². The minimum atomic E-state index is 0.204. The summed E-state index contributed by atoms with van der Waals surface area (Å²) in [7, 11) is 1.69. The molecule has 1 aliphatic carbocycles. The molecule has 92 valence electrons. The van der Waals surface area contributed by atoms with E-state index in [2.05, 4.69) is 23.5 Å². The van der Waals surface area contributed by atoms with Gasteiger partial charge in [-0.1, -0.05) is 24.3 Å². The normalized spacial score (nSPS) is 17.3. The van der Waals surface area contributed by atoms with Gasteiger partial charge in [-0.3, -0.25) is 0 Å². The molecule has 3 nitrogen and oxygen atoms in total. The molecule has 1 aliphatic rings. The average molecular weight is 232 g/mol. The van der Waals surface area contributed by atoms with Gasteiger partial charge >= 0.3 is 0 Å². The van der Waals surface area contributed by atoms with Gasteiger partial charge in [-0.15, -0.1) is 0 Å². The SMILES string of the molecule is COc1cccc(C(CN)NC2CC=CC2)c1. The fraction of sp³-hybridized carbons (Fsp3) is 0.429. The number of ether oxygens (including phenoxy) is 1. The molecule has 1 aromatic carbocycles. The minimum absolute atomic E-state index is 0.204. The Kier molecular flexibility index (Phi) is 4.18. The fourth-order valence-corrected chi connectivity index (χ4v) is 2.20. The third kappa shape index (κ3) is 3.08. The van der Waals surface area contributed by atoms with E-state index in [1.807, 2.05) is 18.2 Å². The number of benzene rings is 1. The Morgan fingerprint density at radius 1 is 1.41 bits per heavy atom. The van der Waals surface area contributed by atoms with Crippen molar-refractivity contribution in [2.45, 2.75) is 24.9 Å². The van der Waals surface area contributed by atoms with Crippen LogP contribution in [0.15, 0.2) is 36.4 Å². The van der Waals surface area contributed by atoms with E-state index in [0.29, 0.717) is 12.6 Å². The summed E-state index contributed by atoms with van der Waals surface area (Å²) in [4.78, 5) is 0. The zero-order chi connectivity index (χ0) is 12.1. The molecule has 0 heterocycles. The molecule has 0 saturated carbocycles. The molecule has 0 spiro atoms. The predicted octanol–water partition coefficient (Wildman–Crippen LogP) is 2.00. The monoisotopic (exact) mass is 232 g/mol. The molecule has 1 unspecified atom stereocenters. The van der Waals surface area contributed by atoms with E-state index in [1.165, 1.54) is 5.56 Å². The minimum Gasteiger partial charge on any atom is -0.497 e. The number of methoxy groups -OCH3 is 1. The largest absolute Gasteiger partial charge is 0.497 e. The van der Waals surface area contributed by atoms with E-state index in [9.17, 15) is 0 Å². The first-order chi connectivity index (χ1) is 8.33. The lowest BCUT2D eigenvalue weighted by Gasteiger charge is -2.22. The van der Waals surface area contributed by atoms with Gasteiger partial charge in [0.1, 0.15) is 5.75 Å². The Morgan fingerprint density at radius 2 is 2.18 bits per heavy atom. The van der Waals surface area contributed by atoms with Gasteiger partial charge in [-0.25, -0.2) is 0 Å². The van der Waals surface area contributed by atoms with Crippen LogP contribution in [0.4, 0.5) is 0 Å². The molecular weight excluding hydrogens is 212 g/mol. The summed E-state index contributed by atoms with van der Waals surface area (Å²) in [5.74, 6) is 0.882. The van der Waals surface area contributed by atoms with Crippen LogP contribution >= 0.6 is 0 Å². The predicted molar refractivity (Wildman–Crippen MR) is 70.1 cm³/mol. The van der Waals surface area contributed by atoms with Crippen molar-refractivity contribution in [2.75, 3.05) is 13.7 Å². The first-order valence-electron chi connectivity index (χ1n) is 6.08. The van der Waals surface area contributed by atoms with Crippen molar-refractivity contribution in [3.63, 3.8) is 0 Å². The maximum absolute atomic E-state index is 5.85. The van der Waals surface area contributed by atoms with Crippen molar-refractivity contribution in [3.05, 3.63) is 42.0 Å². The molecule has 0 radical (unpaired) electrons. The summed E-state index contributed by atoms with van der Waals surface area (Å²) in [6.07, 6.45) is 6.63. The van der Waals surface area contributed by atoms with Crippen molar-refractivity contribution in [1.82, 2.24) is 5.32 Å². The third-order valence-corrected chi connectivity index (χ3v) is 3.18. The molecule has 0 saturated heterocycles. The molecule has 17 heavy (non-hydrogen) atoms. The maximum atomic E-state index is 5.85. The highest BCUT2D eigenvalue weighted by molar-refractivity contribution is 5.30. The summed E-state index contributed by atoms with van der Waals surface area (Å²) in [6.45, 7) is 0.601. The molecule has 2 rings (SSSR count). The molecule has 1 atom stereocenters. The van der Waals surface area contributed by atoms with E-state index in [-0.39, 0.29) is 6.04 Å². The van der Waals surface area contributed by atoms with Crippen LogP contribution in [0.3, 0.4) is 0 Å². The average Bonchev–Trinajstić information content (AvgIpc) is 2.89. The van der Waals surface area contributed by atoms with Gasteiger partial charge in [0.25, 0.3) is 0 Å². The second-order valence-electron chi connectivity index (χ2n) is 4.37. The molecule has 3 heteroatoms. The zero-order valence-corrected chi connectivity index (χ0v) is 10.2. The highest BCUT2D eigenvalue weighted by Gasteiger charge is 2.16. The molecular formula is C14H20N2O. The van der Waals surface area contributed by atoms with Crippen molar-refractivity contribution < 1.29 is 4.74 Å². The zero-order valence-electron chi connectivity index (χ0n) is 10.2. The van der Waals surface area contributed by atoms with Crippen LogP contribution < -0.4 is 15.8 Å². The second kappa shape index (κ2) is 5.84. The van der Waals surface area contributed by atoms with Crippen LogP contribution in [0, 0.1) is 0 Å². The quantitative estimate of drug-likeness (QED) is 0.763. The van der Waals surface area contributed by atoms with Gasteiger partial charge in [-0.05, 0) is 30.5 Å². The molecule has 0 bridgehead atoms. The van der Waals surface area contributed by atoms with E-state index >= 15 is 0 Å². The highest BCUT2D eigenvalue weighted by atomic mass is 16.5. The standard InChI is InChI=1S/C14H20N2O/c1-17-13-8-4-5-11(9-13)14(10-15)16-12-6-2-3-7-12/h2-5,8-9,12,14,16H,6-7,10,15H2,1H3. The lowest BCUT2D eigenvalue weighted by atomic mass is 10.0. The Labute approximate surface area is 103 Å². The molecule has 3 N–H and O–H groups in total. The first kappa shape index (κ1) is 12.1. The Hall–Kier alpha value is -1.32. The summed E-state index contributed by atoms with van der Waals surface area (Å²) < 4.78 is 5.24. The van der Waals surface area contributed by atoms with Crippen LogP contribution in [0.25, 0.3) is 0 Å². The lowest BCUT2D eigenvalue weighted by molar-refractivity contribution is 0.410. The lowest BCUT2D eigenvalue weighted by Crippen LogP contribution is -2.35. The van der Waals surface area contributed by atoms with Crippen LogP contribution in [0.5, 0.6) is 5.75 Å². The summed E-state index contributed by atoms with van der Waals surface area (Å²) in [5.41, 5.74) is 7.04. The number of rotatable bonds is 5. The second-order valence-corrected chi connectivity index (χ2v) is 4.37. The van der Waals surface area contributed by atoms with Crippen LogP contribution in [-0.2, 0) is 0 Å².